The largest absolute Gasteiger partial charge is 0.492 e. The summed E-state index contributed by atoms with van der Waals surface area (Å²) in [6.45, 7) is 8.24. The molecule has 1 aromatic heterocycles. The number of carbonyl (C=O) groups excluding carboxylic acids is 2. The van der Waals surface area contributed by atoms with E-state index in [0.29, 0.717) is 25.2 Å². The zero-order valence-electron chi connectivity index (χ0n) is 23.2. The predicted octanol–water partition coefficient (Wildman–Crippen LogP) is 5.75. The minimum atomic E-state index is -0.618. The zero-order chi connectivity index (χ0) is 27.1. The maximum absolute atomic E-state index is 12.3. The molecule has 3 saturated carbocycles. The SMILES string of the molecule is C1CCCC1.C=C1CCC2C3COCOC3CCC2(C)C1CCOc1c(C(=O)OC)cncc1C(=O)OC. The molecule has 2 heterocycles. The van der Waals surface area contributed by atoms with Crippen LogP contribution in [0.25, 0.3) is 0 Å². The molecule has 3 aliphatic carbocycles. The molecule has 0 N–H and O–H groups in total. The number of hydrogen-bond donors (Lipinski definition) is 0. The summed E-state index contributed by atoms with van der Waals surface area (Å²) in [7, 11) is 2.55. The maximum atomic E-state index is 12.3. The highest BCUT2D eigenvalue weighted by molar-refractivity contribution is 5.99. The number of hydrogen-bond acceptors (Lipinski definition) is 8. The fraction of sp³-hybridized carbons (Fsp3) is 0.700. The van der Waals surface area contributed by atoms with Crippen LogP contribution in [-0.4, -0.2) is 57.3 Å². The van der Waals surface area contributed by atoms with Gasteiger partial charge in [0.2, 0.25) is 0 Å². The van der Waals surface area contributed by atoms with Gasteiger partial charge in [0, 0.05) is 18.3 Å². The van der Waals surface area contributed by atoms with Gasteiger partial charge in [-0.05, 0) is 49.4 Å². The van der Waals surface area contributed by atoms with Crippen LogP contribution in [0.3, 0.4) is 0 Å². The highest BCUT2D eigenvalue weighted by Gasteiger charge is 2.53. The van der Waals surface area contributed by atoms with Crippen LogP contribution in [0.2, 0.25) is 0 Å². The lowest BCUT2D eigenvalue weighted by molar-refractivity contribution is -0.218. The smallest absolute Gasteiger partial charge is 0.343 e. The van der Waals surface area contributed by atoms with Gasteiger partial charge in [0.1, 0.15) is 17.9 Å². The second kappa shape index (κ2) is 13.1. The molecule has 0 bridgehead atoms. The van der Waals surface area contributed by atoms with Crippen molar-refractivity contribution in [3.8, 4) is 5.75 Å². The molecule has 38 heavy (non-hydrogen) atoms. The highest BCUT2D eigenvalue weighted by Crippen LogP contribution is 2.58. The molecular weight excluding hydrogens is 486 g/mol. The van der Waals surface area contributed by atoms with Crippen molar-refractivity contribution in [1.82, 2.24) is 4.98 Å². The van der Waals surface area contributed by atoms with Crippen LogP contribution in [0, 0.1) is 23.2 Å². The van der Waals surface area contributed by atoms with Crippen LogP contribution in [0.1, 0.15) is 91.8 Å². The molecule has 4 fully saturated rings. The molecular formula is C30H43NO7. The third-order valence-corrected chi connectivity index (χ3v) is 9.16. The van der Waals surface area contributed by atoms with E-state index in [1.165, 1.54) is 64.3 Å². The fourth-order valence-electron chi connectivity index (χ4n) is 7.12. The van der Waals surface area contributed by atoms with Gasteiger partial charge in [-0.3, -0.25) is 4.98 Å². The Balaban J connectivity index is 0.000000603. The normalized spacial score (nSPS) is 30.2. The van der Waals surface area contributed by atoms with E-state index in [-0.39, 0.29) is 34.3 Å². The number of aromatic nitrogens is 1. The molecule has 0 spiro atoms. The van der Waals surface area contributed by atoms with E-state index in [4.69, 9.17) is 23.7 Å². The Morgan fingerprint density at radius 2 is 1.68 bits per heavy atom. The molecule has 1 aliphatic heterocycles. The highest BCUT2D eigenvalue weighted by atomic mass is 16.7. The van der Waals surface area contributed by atoms with E-state index in [1.54, 1.807) is 0 Å². The Hall–Kier alpha value is -2.45. The van der Waals surface area contributed by atoms with Gasteiger partial charge in [0.25, 0.3) is 0 Å². The van der Waals surface area contributed by atoms with E-state index < -0.39 is 11.9 Å². The summed E-state index contributed by atoms with van der Waals surface area (Å²) >= 11 is 0. The number of esters is 2. The number of allylic oxidation sites excluding steroid dienone is 1. The fourth-order valence-corrected chi connectivity index (χ4v) is 7.12. The van der Waals surface area contributed by atoms with Crippen molar-refractivity contribution >= 4 is 11.9 Å². The second-order valence-electron chi connectivity index (χ2n) is 11.2. The van der Waals surface area contributed by atoms with Gasteiger partial charge in [-0.1, -0.05) is 51.2 Å². The predicted molar refractivity (Wildman–Crippen MR) is 142 cm³/mol. The monoisotopic (exact) mass is 529 g/mol. The first kappa shape index (κ1) is 28.6. The number of nitrogens with zero attached hydrogens (tertiary/aromatic N) is 1. The molecule has 8 nitrogen and oxygen atoms in total. The third-order valence-electron chi connectivity index (χ3n) is 9.16. The Morgan fingerprint density at radius 3 is 2.29 bits per heavy atom. The van der Waals surface area contributed by atoms with Crippen molar-refractivity contribution in [2.75, 3.05) is 34.2 Å². The van der Waals surface area contributed by atoms with Crippen molar-refractivity contribution in [2.24, 2.45) is 23.2 Å². The van der Waals surface area contributed by atoms with Crippen LogP contribution < -0.4 is 4.74 Å². The number of fused-ring (bicyclic) bond motifs is 3. The summed E-state index contributed by atoms with van der Waals surface area (Å²) in [5.41, 5.74) is 1.52. The Labute approximate surface area is 226 Å². The first-order valence-corrected chi connectivity index (χ1v) is 14.0. The average Bonchev–Trinajstić information content (AvgIpc) is 3.54. The lowest BCUT2D eigenvalue weighted by atomic mass is 9.50. The van der Waals surface area contributed by atoms with Crippen molar-refractivity contribution < 1.29 is 33.3 Å². The molecule has 0 amide bonds. The standard InChI is InChI=1S/C25H33NO7.C5H10/c1-15-5-6-20-18-13-31-14-33-21(18)7-9-25(20,2)19(15)8-10-32-22-16(23(27)29-3)11-26-12-17(22)24(28)30-4;1-2-4-5-3-1/h11-12,18-21H,1,5-10,13-14H2,2-4H3;1-5H2. The quantitative estimate of drug-likeness (QED) is 0.340. The van der Waals surface area contributed by atoms with Crippen LogP contribution in [-0.2, 0) is 18.9 Å². The molecule has 5 atom stereocenters. The number of methoxy groups -OCH3 is 2. The van der Waals surface area contributed by atoms with Crippen molar-refractivity contribution in [3.05, 3.63) is 35.7 Å². The van der Waals surface area contributed by atoms with E-state index >= 15 is 0 Å². The molecule has 1 saturated heterocycles. The summed E-state index contributed by atoms with van der Waals surface area (Å²) in [6.07, 6.45) is 15.4. The molecule has 5 unspecified atom stereocenters. The molecule has 210 valence electrons. The van der Waals surface area contributed by atoms with Gasteiger partial charge in [0.15, 0.2) is 5.75 Å². The van der Waals surface area contributed by atoms with Crippen LogP contribution in [0.5, 0.6) is 5.75 Å². The lowest BCUT2D eigenvalue weighted by Gasteiger charge is -2.57. The first-order valence-electron chi connectivity index (χ1n) is 14.0. The summed E-state index contributed by atoms with van der Waals surface area (Å²) in [5, 5.41) is 0. The number of pyridine rings is 1. The summed E-state index contributed by atoms with van der Waals surface area (Å²) < 4.78 is 27.3. The Morgan fingerprint density at radius 1 is 1.05 bits per heavy atom. The lowest BCUT2D eigenvalue weighted by Crippen LogP contribution is -2.54. The van der Waals surface area contributed by atoms with Gasteiger partial charge in [-0.15, -0.1) is 0 Å². The first-order chi connectivity index (χ1) is 18.4. The van der Waals surface area contributed by atoms with Crippen LogP contribution in [0.4, 0.5) is 0 Å². The average molecular weight is 530 g/mol. The zero-order valence-corrected chi connectivity index (χ0v) is 23.2. The van der Waals surface area contributed by atoms with Crippen molar-refractivity contribution in [2.45, 2.75) is 77.2 Å². The minimum Gasteiger partial charge on any atom is -0.492 e. The number of ether oxygens (including phenoxy) is 5. The molecule has 0 aromatic carbocycles. The molecule has 8 heteroatoms. The van der Waals surface area contributed by atoms with Gasteiger partial charge in [0.05, 0.1) is 33.5 Å². The van der Waals surface area contributed by atoms with Gasteiger partial charge < -0.3 is 23.7 Å². The number of rotatable bonds is 6. The molecule has 0 radical (unpaired) electrons. The van der Waals surface area contributed by atoms with E-state index in [9.17, 15) is 9.59 Å². The Kier molecular flexibility index (Phi) is 9.82. The van der Waals surface area contributed by atoms with E-state index in [0.717, 1.165) is 38.7 Å². The molecule has 4 aliphatic rings. The molecule has 5 rings (SSSR count). The van der Waals surface area contributed by atoms with Crippen LogP contribution in [0.15, 0.2) is 24.5 Å². The summed E-state index contributed by atoms with van der Waals surface area (Å²) in [6, 6.07) is 0. The van der Waals surface area contributed by atoms with Gasteiger partial charge >= 0.3 is 11.9 Å². The van der Waals surface area contributed by atoms with Gasteiger partial charge in [-0.25, -0.2) is 9.59 Å². The summed E-state index contributed by atoms with van der Waals surface area (Å²) in [5.74, 6) is 0.0880. The Bertz CT molecular complexity index is 949. The second-order valence-corrected chi connectivity index (χ2v) is 11.2. The third kappa shape index (κ3) is 6.07. The number of carbonyl (C=O) groups is 2. The maximum Gasteiger partial charge on any atom is 0.343 e. The van der Waals surface area contributed by atoms with E-state index in [2.05, 4.69) is 18.5 Å². The van der Waals surface area contributed by atoms with E-state index in [1.807, 2.05) is 0 Å². The minimum absolute atomic E-state index is 0.0819. The topological polar surface area (TPSA) is 93.2 Å². The molecule has 1 aromatic rings. The van der Waals surface area contributed by atoms with Gasteiger partial charge in [-0.2, -0.15) is 0 Å². The summed E-state index contributed by atoms with van der Waals surface area (Å²) in [4.78, 5) is 28.5. The van der Waals surface area contributed by atoms with Crippen LogP contribution >= 0.6 is 0 Å². The van der Waals surface area contributed by atoms with Crippen molar-refractivity contribution in [3.63, 3.8) is 0 Å². The van der Waals surface area contributed by atoms with Crippen molar-refractivity contribution in [1.29, 1.82) is 0 Å².